The summed E-state index contributed by atoms with van der Waals surface area (Å²) in [5.74, 6) is -6.63. The van der Waals surface area contributed by atoms with Crippen molar-refractivity contribution in [2.75, 3.05) is 13.7 Å². The van der Waals surface area contributed by atoms with Gasteiger partial charge in [-0.2, -0.15) is 0 Å². The average Bonchev–Trinajstić information content (AvgIpc) is 3.21. The van der Waals surface area contributed by atoms with Crippen LogP contribution in [0, 0.1) is 29.6 Å². The number of aliphatic hydroxyl groups is 4. The first-order valence-electron chi connectivity index (χ1n) is 21.7. The molecule has 326 valence electrons. The molecule has 0 unspecified atom stereocenters. The number of cyclic esters (lactones) is 1. The SMILES string of the molecule is CO[C@H]1C[C@@H]2CC[C@@H](C)[C@@](O)(O2)C(=O)C(=O)N2CCCC[C@H]2C(=O)O[C@H]([C@H](C)CC2CCC(O)CC2)C/C=C(/C)[C@H](O)[C@H](O)C(=O)[C@H](C)C[C@H](C)/C=C/C=C/C=C/1C. The largest absolute Gasteiger partial charge is 0.460 e. The number of carbonyl (C=O) groups excluding carboxylic acids is 4. The number of aliphatic hydroxyl groups excluding tert-OH is 3. The second-order valence-corrected chi connectivity index (χ2v) is 17.8. The Morgan fingerprint density at radius 1 is 0.879 bits per heavy atom. The highest BCUT2D eigenvalue weighted by atomic mass is 16.6. The minimum atomic E-state index is -2.38. The molecule has 58 heavy (non-hydrogen) atoms. The Bertz CT molecular complexity index is 1530. The summed E-state index contributed by atoms with van der Waals surface area (Å²) in [7, 11) is 1.58. The molecule has 0 aromatic carbocycles. The fourth-order valence-electron chi connectivity index (χ4n) is 9.10. The van der Waals surface area contributed by atoms with E-state index in [1.165, 1.54) is 4.90 Å². The number of carbonyl (C=O) groups is 4. The zero-order valence-corrected chi connectivity index (χ0v) is 35.9. The summed E-state index contributed by atoms with van der Waals surface area (Å²) in [4.78, 5) is 56.8. The maximum Gasteiger partial charge on any atom is 0.329 e. The van der Waals surface area contributed by atoms with Gasteiger partial charge in [0.1, 0.15) is 24.4 Å². The third-order valence-electron chi connectivity index (χ3n) is 13.1. The van der Waals surface area contributed by atoms with Crippen LogP contribution in [0.4, 0.5) is 0 Å². The summed E-state index contributed by atoms with van der Waals surface area (Å²) in [6, 6.07) is -1.06. The molecule has 0 aromatic rings. The van der Waals surface area contributed by atoms with E-state index in [1.807, 2.05) is 51.2 Å². The summed E-state index contributed by atoms with van der Waals surface area (Å²) in [6.45, 7) is 11.1. The summed E-state index contributed by atoms with van der Waals surface area (Å²) in [5.41, 5.74) is 1.26. The first kappa shape index (κ1) is 47.7. The lowest BCUT2D eigenvalue weighted by molar-refractivity contribution is -0.265. The normalized spacial score (nSPS) is 40.8. The first-order chi connectivity index (χ1) is 27.5. The van der Waals surface area contributed by atoms with E-state index in [0.29, 0.717) is 62.9 Å². The van der Waals surface area contributed by atoms with E-state index >= 15 is 0 Å². The van der Waals surface area contributed by atoms with Crippen LogP contribution in [-0.2, 0) is 33.4 Å². The summed E-state index contributed by atoms with van der Waals surface area (Å²) in [6.07, 6.45) is 13.4. The van der Waals surface area contributed by atoms with Crippen LogP contribution < -0.4 is 0 Å². The van der Waals surface area contributed by atoms with Gasteiger partial charge in [0.2, 0.25) is 5.79 Å². The van der Waals surface area contributed by atoms with Crippen LogP contribution in [0.15, 0.2) is 47.6 Å². The van der Waals surface area contributed by atoms with Crippen molar-refractivity contribution in [1.82, 2.24) is 4.90 Å². The van der Waals surface area contributed by atoms with E-state index in [2.05, 4.69) is 0 Å². The molecule has 4 aliphatic rings. The van der Waals surface area contributed by atoms with Gasteiger partial charge in [-0.25, -0.2) is 4.79 Å². The van der Waals surface area contributed by atoms with Gasteiger partial charge < -0.3 is 39.5 Å². The molecule has 1 aliphatic carbocycles. The lowest BCUT2D eigenvalue weighted by Crippen LogP contribution is -2.61. The number of ether oxygens (including phenoxy) is 3. The molecule has 4 N–H and O–H groups in total. The second-order valence-electron chi connectivity index (χ2n) is 17.8. The molecule has 3 heterocycles. The number of methoxy groups -OCH3 is 1. The fourth-order valence-corrected chi connectivity index (χ4v) is 9.10. The molecule has 1 amide bonds. The molecule has 11 atom stereocenters. The molecule has 2 saturated heterocycles. The average molecular weight is 814 g/mol. The van der Waals surface area contributed by atoms with E-state index < -0.39 is 77.6 Å². The van der Waals surface area contributed by atoms with Gasteiger partial charge in [-0.3, -0.25) is 14.4 Å². The highest BCUT2D eigenvalue weighted by Crippen LogP contribution is 2.37. The second kappa shape index (κ2) is 22.0. The van der Waals surface area contributed by atoms with Crippen molar-refractivity contribution in [2.24, 2.45) is 29.6 Å². The van der Waals surface area contributed by atoms with Gasteiger partial charge in [-0.15, -0.1) is 0 Å². The number of hydrogen-bond acceptors (Lipinski definition) is 11. The van der Waals surface area contributed by atoms with E-state index in [4.69, 9.17) is 14.2 Å². The van der Waals surface area contributed by atoms with E-state index in [-0.39, 0.29) is 37.3 Å². The fraction of sp³-hybridized carbons (Fsp3) is 0.739. The molecule has 3 fully saturated rings. The van der Waals surface area contributed by atoms with Gasteiger partial charge in [-0.05, 0) is 113 Å². The van der Waals surface area contributed by atoms with Gasteiger partial charge in [0.25, 0.3) is 11.7 Å². The molecule has 3 aliphatic heterocycles. The number of piperidine rings is 1. The van der Waals surface area contributed by atoms with Crippen molar-refractivity contribution in [3.8, 4) is 0 Å². The van der Waals surface area contributed by atoms with Crippen LogP contribution in [0.1, 0.15) is 125 Å². The van der Waals surface area contributed by atoms with Gasteiger partial charge in [-0.1, -0.05) is 64.2 Å². The number of esters is 1. The first-order valence-corrected chi connectivity index (χ1v) is 21.7. The van der Waals surface area contributed by atoms with E-state index in [1.54, 1.807) is 34.0 Å². The Morgan fingerprint density at radius 3 is 2.28 bits per heavy atom. The Hall–Kier alpha value is -3.00. The number of allylic oxidation sites excluding steroid dienone is 5. The zero-order chi connectivity index (χ0) is 42.7. The van der Waals surface area contributed by atoms with Gasteiger partial charge >= 0.3 is 5.97 Å². The van der Waals surface area contributed by atoms with Crippen molar-refractivity contribution in [3.05, 3.63) is 47.6 Å². The maximum absolute atomic E-state index is 14.2. The topological polar surface area (TPSA) is 180 Å². The molecule has 1 saturated carbocycles. The molecule has 12 nitrogen and oxygen atoms in total. The van der Waals surface area contributed by atoms with Gasteiger partial charge in [0.15, 0.2) is 5.78 Å². The Kier molecular flexibility index (Phi) is 18.1. The molecular formula is C46H71NO11. The standard InChI is InChI=1S/C46H71NO11/c1-28-13-9-8-10-14-29(2)39(56-7)27-36-22-17-33(6)46(55,58-36)43(52)44(53)47-24-12-11-15-37(47)45(54)57-38(31(4)26-34-18-20-35(48)21-19-34)23-16-30(3)40(49)42(51)41(50)32(5)25-28/h8-10,13-14,16,28,31-40,42,48-49,51,55H,11-12,15,17-27H2,1-7H3/b10-8+,13-9+,29-14+,30-16-/t28-,31-,32-,33-,34?,35?,36+,37+,38+,39+,40+,42+,46-/m1/s1. The summed E-state index contributed by atoms with van der Waals surface area (Å²) in [5, 5.41) is 44.1. The zero-order valence-electron chi connectivity index (χ0n) is 35.9. The molecule has 0 aromatic heterocycles. The number of amides is 1. The van der Waals surface area contributed by atoms with Crippen LogP contribution in [0.5, 0.6) is 0 Å². The third kappa shape index (κ3) is 12.5. The number of hydrogen-bond donors (Lipinski definition) is 4. The van der Waals surface area contributed by atoms with Gasteiger partial charge in [0, 0.05) is 38.3 Å². The monoisotopic (exact) mass is 814 g/mol. The van der Waals surface area contributed by atoms with Crippen LogP contribution in [0.2, 0.25) is 0 Å². The lowest BCUT2D eigenvalue weighted by Gasteiger charge is -2.42. The Balaban J connectivity index is 1.67. The molecule has 12 heteroatoms. The number of rotatable bonds is 4. The Labute approximate surface area is 345 Å². The number of Topliss-reactive ketones (excluding diaryl/α,β-unsaturated/α-hetero) is 2. The smallest absolute Gasteiger partial charge is 0.329 e. The number of nitrogens with zero attached hydrogens (tertiary/aromatic N) is 1. The number of ketones is 2. The molecule has 0 radical (unpaired) electrons. The third-order valence-corrected chi connectivity index (χ3v) is 13.1. The van der Waals surface area contributed by atoms with Crippen molar-refractivity contribution in [2.45, 2.75) is 173 Å². The molecular weight excluding hydrogens is 743 g/mol. The molecule has 4 rings (SSSR count). The van der Waals surface area contributed by atoms with Crippen LogP contribution in [0.25, 0.3) is 0 Å². The van der Waals surface area contributed by atoms with Crippen molar-refractivity contribution in [3.63, 3.8) is 0 Å². The van der Waals surface area contributed by atoms with Crippen LogP contribution in [-0.4, -0.2) is 111 Å². The summed E-state index contributed by atoms with van der Waals surface area (Å²) >= 11 is 0. The quantitative estimate of drug-likeness (QED) is 0.156. The van der Waals surface area contributed by atoms with E-state index in [9.17, 15) is 39.6 Å². The van der Waals surface area contributed by atoms with E-state index in [0.717, 1.165) is 24.8 Å². The maximum atomic E-state index is 14.2. The lowest BCUT2D eigenvalue weighted by atomic mass is 9.80. The highest BCUT2D eigenvalue weighted by molar-refractivity contribution is 6.39. The molecule has 2 bridgehead atoms. The summed E-state index contributed by atoms with van der Waals surface area (Å²) < 4.78 is 18.2. The van der Waals surface area contributed by atoms with Gasteiger partial charge in [0.05, 0.1) is 18.3 Å². The highest BCUT2D eigenvalue weighted by Gasteiger charge is 2.53. The Morgan fingerprint density at radius 2 is 1.59 bits per heavy atom. The van der Waals surface area contributed by atoms with Crippen LogP contribution in [0.3, 0.4) is 0 Å². The van der Waals surface area contributed by atoms with Crippen molar-refractivity contribution in [1.29, 1.82) is 0 Å². The number of fused-ring (bicyclic) bond motifs is 3. The minimum Gasteiger partial charge on any atom is -0.460 e. The predicted molar refractivity (Wildman–Crippen MR) is 220 cm³/mol. The predicted octanol–water partition coefficient (Wildman–Crippen LogP) is 5.70. The molecule has 0 spiro atoms. The van der Waals surface area contributed by atoms with Crippen molar-refractivity contribution < 1.29 is 53.8 Å². The van der Waals surface area contributed by atoms with Crippen LogP contribution >= 0.6 is 0 Å². The minimum absolute atomic E-state index is 0.00709. The van der Waals surface area contributed by atoms with Crippen molar-refractivity contribution >= 4 is 23.4 Å².